The van der Waals surface area contributed by atoms with Gasteiger partial charge in [-0.3, -0.25) is 0 Å². The van der Waals surface area contributed by atoms with Crippen molar-refractivity contribution in [1.82, 2.24) is 5.32 Å². The lowest BCUT2D eigenvalue weighted by Gasteiger charge is -1.97. The van der Waals surface area contributed by atoms with Crippen molar-refractivity contribution in [1.29, 1.82) is 0 Å². The van der Waals surface area contributed by atoms with Crippen LogP contribution in [-0.4, -0.2) is 12.6 Å². The minimum atomic E-state index is 0.876. The molecule has 0 amide bonds. The molecule has 0 spiro atoms. The molecule has 8 heavy (non-hydrogen) atoms. The standard InChI is InChI=1S/C7H14N/c1-2-3-6-8-7-4-5-7/h7-8H,1-6H2. The largest absolute Gasteiger partial charge is 0.314 e. The van der Waals surface area contributed by atoms with Crippen molar-refractivity contribution in [3.05, 3.63) is 6.92 Å². The molecule has 0 saturated heterocycles. The van der Waals surface area contributed by atoms with Crippen molar-refractivity contribution in [2.24, 2.45) is 0 Å². The lowest BCUT2D eigenvalue weighted by molar-refractivity contribution is 0.650. The summed E-state index contributed by atoms with van der Waals surface area (Å²) in [5.74, 6) is 0. The molecule has 1 nitrogen and oxygen atoms in total. The Bertz CT molecular complexity index is 57.4. The first-order valence-electron chi connectivity index (χ1n) is 3.46. The molecule has 0 heterocycles. The highest BCUT2D eigenvalue weighted by Crippen LogP contribution is 2.18. The van der Waals surface area contributed by atoms with Crippen LogP contribution in [-0.2, 0) is 0 Å². The zero-order chi connectivity index (χ0) is 5.82. The summed E-state index contributed by atoms with van der Waals surface area (Å²) >= 11 is 0. The van der Waals surface area contributed by atoms with E-state index in [0.29, 0.717) is 0 Å². The van der Waals surface area contributed by atoms with E-state index in [0.717, 1.165) is 12.5 Å². The predicted octanol–water partition coefficient (Wildman–Crippen LogP) is 1.35. The third kappa shape index (κ3) is 2.31. The quantitative estimate of drug-likeness (QED) is 0.541. The van der Waals surface area contributed by atoms with Crippen LogP contribution in [0.4, 0.5) is 0 Å². The van der Waals surface area contributed by atoms with Gasteiger partial charge in [-0.2, -0.15) is 0 Å². The summed E-state index contributed by atoms with van der Waals surface area (Å²) in [6, 6.07) is 0.876. The molecule has 0 aromatic heterocycles. The van der Waals surface area contributed by atoms with Crippen molar-refractivity contribution in [2.75, 3.05) is 6.54 Å². The summed E-state index contributed by atoms with van der Waals surface area (Å²) in [4.78, 5) is 0. The predicted molar refractivity (Wildman–Crippen MR) is 35.6 cm³/mol. The molecule has 1 rings (SSSR count). The molecular weight excluding hydrogens is 98.1 g/mol. The number of hydrogen-bond acceptors (Lipinski definition) is 1. The molecule has 0 aromatic rings. The van der Waals surface area contributed by atoms with Gasteiger partial charge in [0.25, 0.3) is 0 Å². The summed E-state index contributed by atoms with van der Waals surface area (Å²) in [6.45, 7) is 4.94. The van der Waals surface area contributed by atoms with E-state index in [4.69, 9.17) is 0 Å². The number of nitrogens with one attached hydrogen (secondary N) is 1. The minimum absolute atomic E-state index is 0.876. The monoisotopic (exact) mass is 112 g/mol. The highest BCUT2D eigenvalue weighted by Gasteiger charge is 2.19. The van der Waals surface area contributed by atoms with E-state index in [1.54, 1.807) is 0 Å². The van der Waals surface area contributed by atoms with Gasteiger partial charge >= 0.3 is 0 Å². The zero-order valence-corrected chi connectivity index (χ0v) is 5.32. The third-order valence-electron chi connectivity index (χ3n) is 1.44. The Morgan fingerprint density at radius 1 is 1.50 bits per heavy atom. The van der Waals surface area contributed by atoms with E-state index < -0.39 is 0 Å². The first-order chi connectivity index (χ1) is 3.93. The van der Waals surface area contributed by atoms with Crippen LogP contribution in [0.25, 0.3) is 0 Å². The second-order valence-electron chi connectivity index (χ2n) is 2.44. The molecule has 0 bridgehead atoms. The van der Waals surface area contributed by atoms with E-state index in [2.05, 4.69) is 12.2 Å². The van der Waals surface area contributed by atoms with Gasteiger partial charge in [-0.05, 0) is 25.8 Å². The van der Waals surface area contributed by atoms with Crippen LogP contribution in [0.5, 0.6) is 0 Å². The van der Waals surface area contributed by atoms with Gasteiger partial charge in [0.15, 0.2) is 0 Å². The smallest absolute Gasteiger partial charge is 0.00682 e. The summed E-state index contributed by atoms with van der Waals surface area (Å²) < 4.78 is 0. The van der Waals surface area contributed by atoms with E-state index in [9.17, 15) is 0 Å². The van der Waals surface area contributed by atoms with Crippen molar-refractivity contribution in [3.8, 4) is 0 Å². The van der Waals surface area contributed by atoms with Crippen LogP contribution in [0.15, 0.2) is 0 Å². The van der Waals surface area contributed by atoms with E-state index in [1.807, 2.05) is 0 Å². The van der Waals surface area contributed by atoms with E-state index >= 15 is 0 Å². The van der Waals surface area contributed by atoms with Gasteiger partial charge in [-0.1, -0.05) is 13.3 Å². The highest BCUT2D eigenvalue weighted by atomic mass is 14.9. The van der Waals surface area contributed by atoms with E-state index in [1.165, 1.54) is 25.8 Å². The Kier molecular flexibility index (Phi) is 2.34. The molecule has 1 aliphatic rings. The first kappa shape index (κ1) is 6.09. The molecule has 1 aliphatic carbocycles. The fourth-order valence-corrected chi connectivity index (χ4v) is 0.719. The van der Waals surface area contributed by atoms with Crippen LogP contribution >= 0.6 is 0 Å². The maximum absolute atomic E-state index is 3.76. The fraction of sp³-hybridized carbons (Fsp3) is 0.857. The Balaban J connectivity index is 1.74. The molecule has 1 N–H and O–H groups in total. The maximum atomic E-state index is 3.76. The molecule has 0 atom stereocenters. The molecule has 1 radical (unpaired) electrons. The van der Waals surface area contributed by atoms with Crippen molar-refractivity contribution < 1.29 is 0 Å². The second-order valence-corrected chi connectivity index (χ2v) is 2.44. The zero-order valence-electron chi connectivity index (χ0n) is 5.32. The molecule has 1 fully saturated rings. The Hall–Kier alpha value is -0.0400. The molecule has 0 aliphatic heterocycles. The van der Waals surface area contributed by atoms with Crippen LogP contribution < -0.4 is 5.32 Å². The van der Waals surface area contributed by atoms with Gasteiger partial charge in [-0.25, -0.2) is 0 Å². The number of hydrogen-bond donors (Lipinski definition) is 1. The molecule has 1 saturated carbocycles. The molecule has 0 aromatic carbocycles. The summed E-state index contributed by atoms with van der Waals surface area (Å²) in [5.41, 5.74) is 0. The number of unbranched alkanes of at least 4 members (excludes halogenated alkanes) is 1. The molecule has 1 heteroatoms. The third-order valence-corrected chi connectivity index (χ3v) is 1.44. The van der Waals surface area contributed by atoms with Crippen molar-refractivity contribution in [2.45, 2.75) is 31.7 Å². The van der Waals surface area contributed by atoms with Gasteiger partial charge < -0.3 is 5.32 Å². The lowest BCUT2D eigenvalue weighted by atomic mass is 10.3. The first-order valence-corrected chi connectivity index (χ1v) is 3.46. The minimum Gasteiger partial charge on any atom is -0.314 e. The van der Waals surface area contributed by atoms with Gasteiger partial charge in [0.2, 0.25) is 0 Å². The van der Waals surface area contributed by atoms with E-state index in [-0.39, 0.29) is 0 Å². The van der Waals surface area contributed by atoms with Crippen LogP contribution in [0.2, 0.25) is 0 Å². The molecular formula is C7H14N. The molecule has 47 valence electrons. The summed E-state index contributed by atoms with van der Waals surface area (Å²) in [7, 11) is 0. The van der Waals surface area contributed by atoms with Gasteiger partial charge in [0, 0.05) is 6.04 Å². The Labute approximate surface area is 51.5 Å². The number of rotatable bonds is 4. The van der Waals surface area contributed by atoms with Crippen molar-refractivity contribution >= 4 is 0 Å². The van der Waals surface area contributed by atoms with Gasteiger partial charge in [0.05, 0.1) is 0 Å². The molecule has 0 unspecified atom stereocenters. The van der Waals surface area contributed by atoms with Gasteiger partial charge in [-0.15, -0.1) is 0 Å². The van der Waals surface area contributed by atoms with Crippen molar-refractivity contribution in [3.63, 3.8) is 0 Å². The SMILES string of the molecule is [CH2]CCCNC1CC1. The topological polar surface area (TPSA) is 12.0 Å². The Morgan fingerprint density at radius 2 is 2.25 bits per heavy atom. The van der Waals surface area contributed by atoms with Crippen LogP contribution in [0.1, 0.15) is 25.7 Å². The second kappa shape index (κ2) is 3.08. The fourth-order valence-electron chi connectivity index (χ4n) is 0.719. The summed E-state index contributed by atoms with van der Waals surface area (Å²) in [6.07, 6.45) is 5.10. The average Bonchev–Trinajstić information content (AvgIpc) is 2.51. The summed E-state index contributed by atoms with van der Waals surface area (Å²) in [5, 5.41) is 3.42. The maximum Gasteiger partial charge on any atom is 0.00682 e. The van der Waals surface area contributed by atoms with Crippen LogP contribution in [0, 0.1) is 6.92 Å². The average molecular weight is 112 g/mol. The highest BCUT2D eigenvalue weighted by molar-refractivity contribution is 4.80. The Morgan fingerprint density at radius 3 is 2.75 bits per heavy atom. The lowest BCUT2D eigenvalue weighted by Crippen LogP contribution is -2.16. The van der Waals surface area contributed by atoms with Crippen LogP contribution in [0.3, 0.4) is 0 Å². The van der Waals surface area contributed by atoms with Gasteiger partial charge in [0.1, 0.15) is 0 Å². The normalized spacial score (nSPS) is 19.1.